The van der Waals surface area contributed by atoms with Crippen LogP contribution in [0.15, 0.2) is 205 Å². The smallest absolute Gasteiger partial charge is 0.143 e. The summed E-state index contributed by atoms with van der Waals surface area (Å²) in [5, 5.41) is 7.26. The number of furan rings is 1. The van der Waals surface area contributed by atoms with Crippen molar-refractivity contribution in [3.63, 3.8) is 0 Å². The van der Waals surface area contributed by atoms with Crippen LogP contribution in [0.2, 0.25) is 0 Å². The van der Waals surface area contributed by atoms with Gasteiger partial charge in [-0.25, -0.2) is 0 Å². The summed E-state index contributed by atoms with van der Waals surface area (Å²) in [7, 11) is 0. The zero-order valence-electron chi connectivity index (χ0n) is 31.2. The minimum atomic E-state index is 0.856. The van der Waals surface area contributed by atoms with Gasteiger partial charge in [0.05, 0.1) is 5.69 Å². The Kier molecular flexibility index (Phi) is 7.62. The highest BCUT2D eigenvalue weighted by Gasteiger charge is 2.23. The van der Waals surface area contributed by atoms with E-state index < -0.39 is 0 Å². The zero-order valence-corrected chi connectivity index (χ0v) is 32.9. The van der Waals surface area contributed by atoms with Crippen LogP contribution in [0.5, 0.6) is 0 Å². The topological polar surface area (TPSA) is 16.4 Å². The van der Waals surface area contributed by atoms with Gasteiger partial charge < -0.3 is 9.32 Å². The van der Waals surface area contributed by atoms with E-state index in [-0.39, 0.29) is 0 Å². The monoisotopic (exact) mass is 775 g/mol. The molecule has 12 rings (SSSR count). The van der Waals surface area contributed by atoms with Gasteiger partial charge in [-0.15, -0.1) is 22.7 Å². The van der Waals surface area contributed by atoms with E-state index in [9.17, 15) is 0 Å². The fourth-order valence-electron chi connectivity index (χ4n) is 8.76. The molecule has 3 heterocycles. The maximum atomic E-state index is 7.00. The first kappa shape index (κ1) is 33.2. The predicted molar refractivity (Wildman–Crippen MR) is 250 cm³/mol. The quantitative estimate of drug-likeness (QED) is 0.167. The van der Waals surface area contributed by atoms with Crippen LogP contribution >= 0.6 is 22.7 Å². The number of hydrogen-bond donors (Lipinski definition) is 0. The molecule has 0 saturated heterocycles. The highest BCUT2D eigenvalue weighted by atomic mass is 32.1. The van der Waals surface area contributed by atoms with Gasteiger partial charge in [0.15, 0.2) is 0 Å². The Labute approximate surface area is 343 Å². The third-order valence-corrected chi connectivity index (χ3v) is 13.8. The summed E-state index contributed by atoms with van der Waals surface area (Å²) in [5.74, 6) is 0. The number of hydrogen-bond acceptors (Lipinski definition) is 4. The summed E-state index contributed by atoms with van der Waals surface area (Å²) in [6.45, 7) is 0. The van der Waals surface area contributed by atoms with Crippen molar-refractivity contribution in [3.8, 4) is 33.4 Å². The van der Waals surface area contributed by atoms with Crippen LogP contribution in [0.3, 0.4) is 0 Å². The van der Waals surface area contributed by atoms with E-state index in [0.717, 1.165) is 50.1 Å². The molecule has 0 unspecified atom stereocenters. The van der Waals surface area contributed by atoms with E-state index >= 15 is 0 Å². The zero-order chi connectivity index (χ0) is 38.2. The summed E-state index contributed by atoms with van der Waals surface area (Å²) < 4.78 is 12.1. The first-order chi connectivity index (χ1) is 28.7. The Bertz CT molecular complexity index is 3510. The molecule has 58 heavy (non-hydrogen) atoms. The Morgan fingerprint density at radius 2 is 0.966 bits per heavy atom. The maximum absolute atomic E-state index is 7.00. The third-order valence-electron chi connectivity index (χ3n) is 11.5. The summed E-state index contributed by atoms with van der Waals surface area (Å²) in [6.07, 6.45) is 0. The molecule has 0 spiro atoms. The van der Waals surface area contributed by atoms with Crippen molar-refractivity contribution in [2.45, 2.75) is 0 Å². The molecule has 4 heteroatoms. The van der Waals surface area contributed by atoms with Crippen molar-refractivity contribution in [1.29, 1.82) is 0 Å². The Morgan fingerprint density at radius 1 is 0.362 bits per heavy atom. The number of nitrogens with zero attached hydrogens (tertiary/aromatic N) is 1. The summed E-state index contributed by atoms with van der Waals surface area (Å²) >= 11 is 3.72. The van der Waals surface area contributed by atoms with Gasteiger partial charge in [0.1, 0.15) is 11.2 Å². The van der Waals surface area contributed by atoms with Gasteiger partial charge in [-0.05, 0) is 88.5 Å². The second kappa shape index (κ2) is 13.3. The van der Waals surface area contributed by atoms with E-state index in [1.165, 1.54) is 62.6 Å². The van der Waals surface area contributed by atoms with E-state index in [1.807, 2.05) is 22.7 Å². The molecule has 2 nitrogen and oxygen atoms in total. The maximum Gasteiger partial charge on any atom is 0.143 e. The molecule has 0 aliphatic rings. The van der Waals surface area contributed by atoms with Gasteiger partial charge in [0.2, 0.25) is 0 Å². The highest BCUT2D eigenvalue weighted by Crippen LogP contribution is 2.50. The fraction of sp³-hybridized carbons (Fsp3) is 0. The van der Waals surface area contributed by atoms with Gasteiger partial charge in [-0.3, -0.25) is 0 Å². The lowest BCUT2D eigenvalue weighted by Gasteiger charge is -2.27. The first-order valence-electron chi connectivity index (χ1n) is 19.6. The molecule has 12 aromatic rings. The predicted octanol–water partition coefficient (Wildman–Crippen LogP) is 16.8. The summed E-state index contributed by atoms with van der Waals surface area (Å²) in [4.78, 5) is 2.45. The van der Waals surface area contributed by atoms with Crippen molar-refractivity contribution < 1.29 is 4.42 Å². The van der Waals surface area contributed by atoms with Gasteiger partial charge in [0.25, 0.3) is 0 Å². The largest absolute Gasteiger partial charge is 0.455 e. The minimum absolute atomic E-state index is 0.856. The molecule has 0 amide bonds. The Hall–Kier alpha value is -6.98. The highest BCUT2D eigenvalue weighted by molar-refractivity contribution is 7.26. The van der Waals surface area contributed by atoms with Crippen LogP contribution in [-0.2, 0) is 0 Å². The molecule has 0 atom stereocenters. The van der Waals surface area contributed by atoms with Crippen LogP contribution in [0, 0.1) is 0 Å². The second-order valence-corrected chi connectivity index (χ2v) is 17.0. The number of benzene rings is 9. The molecular formula is C54H33NOS2. The Morgan fingerprint density at radius 3 is 1.72 bits per heavy atom. The van der Waals surface area contributed by atoms with Gasteiger partial charge in [-0.1, -0.05) is 133 Å². The molecule has 3 aromatic heterocycles. The number of thiophene rings is 2. The molecule has 0 aliphatic carbocycles. The molecular weight excluding hydrogens is 743 g/mol. The van der Waals surface area contributed by atoms with Crippen LogP contribution in [0.4, 0.5) is 17.1 Å². The van der Waals surface area contributed by atoms with E-state index in [0.29, 0.717) is 0 Å². The molecule has 9 aromatic carbocycles. The van der Waals surface area contributed by atoms with Crippen molar-refractivity contribution in [2.75, 3.05) is 4.90 Å². The number of rotatable bonds is 6. The fourth-order valence-corrected chi connectivity index (χ4v) is 11.1. The van der Waals surface area contributed by atoms with Crippen molar-refractivity contribution in [1.82, 2.24) is 0 Å². The van der Waals surface area contributed by atoms with Crippen LogP contribution < -0.4 is 4.90 Å². The van der Waals surface area contributed by atoms with Crippen molar-refractivity contribution in [2.24, 2.45) is 0 Å². The average molecular weight is 776 g/mol. The van der Waals surface area contributed by atoms with E-state index in [2.05, 4.69) is 205 Å². The standard InChI is InChI=1S/C54H33NOS2/c1-4-14-34(15-5-1)37-30-44(36-18-8-3-9-19-36)53-46(31-37)41-26-24-39(33-48(41)56-53)55(38-25-29-51-45(32-38)42-20-10-12-22-49(42)57-51)47-28-27-40(35-16-6-2-7-17-35)54-52(47)43-21-11-13-23-50(43)58-54/h1-33H. The third kappa shape index (κ3) is 5.30. The first-order valence-corrected chi connectivity index (χ1v) is 21.2. The number of anilines is 3. The molecule has 0 fully saturated rings. The molecule has 0 radical (unpaired) electrons. The molecule has 0 bridgehead atoms. The second-order valence-electron chi connectivity index (χ2n) is 14.8. The summed E-state index contributed by atoms with van der Waals surface area (Å²) in [5.41, 5.74) is 12.1. The summed E-state index contributed by atoms with van der Waals surface area (Å²) in [6, 6.07) is 72.5. The molecule has 0 N–H and O–H groups in total. The van der Waals surface area contributed by atoms with Crippen molar-refractivity contribution >= 4 is 102 Å². The average Bonchev–Trinajstić information content (AvgIpc) is 3.98. The molecule has 0 aliphatic heterocycles. The lowest BCUT2D eigenvalue weighted by molar-refractivity contribution is 0.670. The van der Waals surface area contributed by atoms with Gasteiger partial charge in [-0.2, -0.15) is 0 Å². The van der Waals surface area contributed by atoms with Crippen LogP contribution in [-0.4, -0.2) is 0 Å². The van der Waals surface area contributed by atoms with Gasteiger partial charge in [0, 0.05) is 74.1 Å². The Balaban J connectivity index is 1.14. The van der Waals surface area contributed by atoms with E-state index in [1.54, 1.807) is 0 Å². The molecule has 272 valence electrons. The lowest BCUT2D eigenvalue weighted by Crippen LogP contribution is -2.10. The normalized spacial score (nSPS) is 11.8. The van der Waals surface area contributed by atoms with E-state index in [4.69, 9.17) is 4.42 Å². The lowest BCUT2D eigenvalue weighted by atomic mass is 9.96. The van der Waals surface area contributed by atoms with Crippen molar-refractivity contribution in [3.05, 3.63) is 200 Å². The number of fused-ring (bicyclic) bond motifs is 9. The molecule has 0 saturated carbocycles. The van der Waals surface area contributed by atoms with Crippen LogP contribution in [0.25, 0.3) is 95.7 Å². The van der Waals surface area contributed by atoms with Crippen LogP contribution in [0.1, 0.15) is 0 Å². The minimum Gasteiger partial charge on any atom is -0.455 e. The SMILES string of the molecule is c1ccc(-c2cc(-c3ccccc3)c3oc4cc(N(c5ccc6sc7ccccc7c6c5)c5ccc(-c6ccccc6)c6sc7ccccc7c56)ccc4c3c2)cc1. The van der Waals surface area contributed by atoms with Gasteiger partial charge >= 0.3 is 0 Å².